The van der Waals surface area contributed by atoms with E-state index in [-0.39, 0.29) is 13.2 Å². The number of hydrogen-bond acceptors (Lipinski definition) is 4. The Morgan fingerprint density at radius 3 is 2.23 bits per heavy atom. The van der Waals surface area contributed by atoms with Crippen LogP contribution in [0.15, 0.2) is 78.9 Å². The lowest BCUT2D eigenvalue weighted by atomic mass is 10.1. The average molecular weight is 420 g/mol. The second-order valence-electron chi connectivity index (χ2n) is 6.78. The molecular formula is C23H20N2O4S. The second kappa shape index (κ2) is 8.42. The topological polar surface area (TPSA) is 75.7 Å². The van der Waals surface area contributed by atoms with Crippen molar-refractivity contribution in [3.8, 4) is 5.75 Å². The van der Waals surface area contributed by atoms with E-state index in [4.69, 9.17) is 4.74 Å². The van der Waals surface area contributed by atoms with E-state index in [0.717, 1.165) is 21.0 Å². The summed E-state index contributed by atoms with van der Waals surface area (Å²) in [5.41, 5.74) is 3.17. The first-order chi connectivity index (χ1) is 14.5. The predicted octanol–water partition coefficient (Wildman–Crippen LogP) is 3.62. The molecule has 0 saturated carbocycles. The lowest BCUT2D eigenvalue weighted by Crippen LogP contribution is -2.29. The minimum atomic E-state index is -3.93. The molecule has 1 saturated heterocycles. The van der Waals surface area contributed by atoms with Gasteiger partial charge in [-0.25, -0.2) is 9.03 Å². The first-order valence-electron chi connectivity index (χ1n) is 9.38. The van der Waals surface area contributed by atoms with E-state index >= 15 is 0 Å². The molecule has 3 aromatic rings. The van der Waals surface area contributed by atoms with Gasteiger partial charge < -0.3 is 4.74 Å². The van der Waals surface area contributed by atoms with E-state index < -0.39 is 16.1 Å². The van der Waals surface area contributed by atoms with Crippen LogP contribution in [-0.4, -0.2) is 20.9 Å². The third-order valence-corrected chi connectivity index (χ3v) is 5.97. The van der Waals surface area contributed by atoms with Gasteiger partial charge in [0, 0.05) is 0 Å². The Labute approximate surface area is 175 Å². The number of anilines is 1. The van der Waals surface area contributed by atoms with Crippen LogP contribution in [0.25, 0.3) is 12.2 Å². The molecule has 4 rings (SSSR count). The molecule has 152 valence electrons. The van der Waals surface area contributed by atoms with Crippen molar-refractivity contribution in [2.45, 2.75) is 6.61 Å². The summed E-state index contributed by atoms with van der Waals surface area (Å²) < 4.78 is 33.6. The van der Waals surface area contributed by atoms with E-state index in [1.807, 2.05) is 77.5 Å². The van der Waals surface area contributed by atoms with Crippen molar-refractivity contribution in [3.63, 3.8) is 0 Å². The van der Waals surface area contributed by atoms with Crippen molar-refractivity contribution in [1.82, 2.24) is 4.72 Å². The van der Waals surface area contributed by atoms with Gasteiger partial charge in [0.25, 0.3) is 5.91 Å². The average Bonchev–Trinajstić information content (AvgIpc) is 3.04. The maximum absolute atomic E-state index is 12.3. The van der Waals surface area contributed by atoms with Gasteiger partial charge in [0.2, 0.25) is 0 Å². The monoisotopic (exact) mass is 420 g/mol. The molecule has 0 aromatic heterocycles. The number of carbonyl (C=O) groups excluding carboxylic acids is 1. The van der Waals surface area contributed by atoms with Gasteiger partial charge in [-0.15, -0.1) is 0 Å². The third kappa shape index (κ3) is 4.52. The van der Waals surface area contributed by atoms with Crippen molar-refractivity contribution >= 4 is 34.0 Å². The highest BCUT2D eigenvalue weighted by molar-refractivity contribution is 7.92. The minimum absolute atomic E-state index is 0.273. The van der Waals surface area contributed by atoms with Gasteiger partial charge in [0.05, 0.1) is 5.69 Å². The minimum Gasteiger partial charge on any atom is -0.487 e. The SMILES string of the molecule is O=C1CN(c2ccc(C=Cc3ccccc3)cc2OCc2ccccc2)S(=O)(=O)N1. The molecule has 30 heavy (non-hydrogen) atoms. The fourth-order valence-electron chi connectivity index (χ4n) is 3.11. The van der Waals surface area contributed by atoms with Crippen LogP contribution < -0.4 is 13.8 Å². The van der Waals surface area contributed by atoms with Crippen molar-refractivity contribution in [1.29, 1.82) is 0 Å². The Morgan fingerprint density at radius 2 is 1.57 bits per heavy atom. The molecule has 1 aliphatic heterocycles. The number of ether oxygens (including phenoxy) is 1. The van der Waals surface area contributed by atoms with Crippen molar-refractivity contribution in [2.75, 3.05) is 10.8 Å². The zero-order chi connectivity index (χ0) is 21.0. The number of carbonyl (C=O) groups is 1. The Hall–Kier alpha value is -3.58. The lowest BCUT2D eigenvalue weighted by molar-refractivity contribution is -0.117. The van der Waals surface area contributed by atoms with Gasteiger partial charge in [-0.1, -0.05) is 78.9 Å². The number of amides is 1. The van der Waals surface area contributed by atoms with E-state index in [1.54, 1.807) is 18.2 Å². The number of benzene rings is 3. The summed E-state index contributed by atoms with van der Waals surface area (Å²) in [6.45, 7) is -0.00180. The molecule has 1 amide bonds. The molecule has 1 N–H and O–H groups in total. The van der Waals surface area contributed by atoms with Crippen LogP contribution in [0.3, 0.4) is 0 Å². The number of rotatable bonds is 6. The van der Waals surface area contributed by atoms with Crippen LogP contribution in [0.4, 0.5) is 5.69 Å². The van der Waals surface area contributed by atoms with Crippen molar-refractivity contribution in [3.05, 3.63) is 95.6 Å². The van der Waals surface area contributed by atoms with Crippen LogP contribution >= 0.6 is 0 Å². The van der Waals surface area contributed by atoms with Crippen LogP contribution in [0.5, 0.6) is 5.75 Å². The molecule has 0 atom stereocenters. The van der Waals surface area contributed by atoms with Gasteiger partial charge in [0.1, 0.15) is 18.9 Å². The Kier molecular flexibility index (Phi) is 5.54. The zero-order valence-electron chi connectivity index (χ0n) is 16.1. The zero-order valence-corrected chi connectivity index (χ0v) is 16.9. The summed E-state index contributed by atoms with van der Waals surface area (Å²) in [5.74, 6) is -0.189. The van der Waals surface area contributed by atoms with Crippen LogP contribution in [0.2, 0.25) is 0 Å². The molecule has 0 spiro atoms. The third-order valence-electron chi connectivity index (χ3n) is 4.58. The number of hydrogen-bond donors (Lipinski definition) is 1. The number of nitrogens with one attached hydrogen (secondary N) is 1. The van der Waals surface area contributed by atoms with E-state index in [2.05, 4.69) is 0 Å². The smallest absolute Gasteiger partial charge is 0.326 e. The molecular weight excluding hydrogens is 400 g/mol. The Morgan fingerprint density at radius 1 is 0.900 bits per heavy atom. The van der Waals surface area contributed by atoms with Crippen molar-refractivity contribution in [2.24, 2.45) is 0 Å². The number of nitrogens with zero attached hydrogens (tertiary/aromatic N) is 1. The van der Waals surface area contributed by atoms with Crippen LogP contribution in [0.1, 0.15) is 16.7 Å². The molecule has 1 fully saturated rings. The highest BCUT2D eigenvalue weighted by atomic mass is 32.2. The van der Waals surface area contributed by atoms with E-state index in [1.165, 1.54) is 0 Å². The molecule has 0 radical (unpaired) electrons. The summed E-state index contributed by atoms with van der Waals surface area (Å²) in [7, 11) is -3.93. The highest BCUT2D eigenvalue weighted by Gasteiger charge is 2.35. The van der Waals surface area contributed by atoms with E-state index in [0.29, 0.717) is 11.4 Å². The highest BCUT2D eigenvalue weighted by Crippen LogP contribution is 2.33. The summed E-state index contributed by atoms with van der Waals surface area (Å²) in [4.78, 5) is 11.7. The van der Waals surface area contributed by atoms with Gasteiger partial charge in [0.15, 0.2) is 0 Å². The van der Waals surface area contributed by atoms with E-state index in [9.17, 15) is 13.2 Å². The molecule has 7 heteroatoms. The molecule has 0 aliphatic carbocycles. The largest absolute Gasteiger partial charge is 0.487 e. The standard InChI is InChI=1S/C23H20N2O4S/c26-23-16-25(30(27,28)24-23)21-14-13-19(12-11-18-7-3-1-4-8-18)15-22(21)29-17-20-9-5-2-6-10-20/h1-15H,16-17H2,(H,24,26). The van der Waals surface area contributed by atoms with Gasteiger partial charge >= 0.3 is 10.2 Å². The van der Waals surface area contributed by atoms with Gasteiger partial charge in [-0.3, -0.25) is 4.79 Å². The lowest BCUT2D eigenvalue weighted by Gasteiger charge is -2.19. The predicted molar refractivity (Wildman–Crippen MR) is 117 cm³/mol. The summed E-state index contributed by atoms with van der Waals surface area (Å²) in [6, 6.07) is 24.7. The first-order valence-corrected chi connectivity index (χ1v) is 10.8. The molecule has 1 aliphatic rings. The fraction of sp³-hybridized carbons (Fsp3) is 0.0870. The molecule has 6 nitrogen and oxygen atoms in total. The summed E-state index contributed by atoms with van der Waals surface area (Å²) in [5, 5.41) is 0. The molecule has 3 aromatic carbocycles. The summed E-state index contributed by atoms with van der Waals surface area (Å²) >= 11 is 0. The fourth-order valence-corrected chi connectivity index (χ4v) is 4.27. The quantitative estimate of drug-likeness (QED) is 0.618. The first kappa shape index (κ1) is 19.7. The maximum Gasteiger partial charge on any atom is 0.326 e. The van der Waals surface area contributed by atoms with Crippen LogP contribution in [0, 0.1) is 0 Å². The van der Waals surface area contributed by atoms with Gasteiger partial charge in [-0.2, -0.15) is 8.42 Å². The Balaban J connectivity index is 1.66. The second-order valence-corrected chi connectivity index (χ2v) is 8.38. The van der Waals surface area contributed by atoms with Crippen molar-refractivity contribution < 1.29 is 17.9 Å². The molecule has 1 heterocycles. The van der Waals surface area contributed by atoms with Gasteiger partial charge in [-0.05, 0) is 28.8 Å². The normalized spacial score (nSPS) is 15.3. The summed E-state index contributed by atoms with van der Waals surface area (Å²) in [6.07, 6.45) is 3.89. The maximum atomic E-state index is 12.3. The Bertz CT molecular complexity index is 1180. The molecule has 0 unspecified atom stereocenters. The van der Waals surface area contributed by atoms with Crippen LogP contribution in [-0.2, 0) is 21.6 Å². The molecule has 0 bridgehead atoms.